The van der Waals surface area contributed by atoms with Crippen LogP contribution in [0.25, 0.3) is 0 Å². The highest BCUT2D eigenvalue weighted by Gasteiger charge is 2.50. The van der Waals surface area contributed by atoms with E-state index in [0.717, 1.165) is 17.7 Å². The lowest BCUT2D eigenvalue weighted by atomic mass is 9.74. The van der Waals surface area contributed by atoms with Crippen molar-refractivity contribution in [3.05, 3.63) is 63.6 Å². The highest BCUT2D eigenvalue weighted by atomic mass is 35.5. The highest BCUT2D eigenvalue weighted by Crippen LogP contribution is 2.55. The van der Waals surface area contributed by atoms with E-state index in [9.17, 15) is 4.79 Å². The molecular weight excluding hydrogens is 365 g/mol. The highest BCUT2D eigenvalue weighted by molar-refractivity contribution is 6.42. The van der Waals surface area contributed by atoms with Gasteiger partial charge in [-0.15, -0.1) is 0 Å². The van der Waals surface area contributed by atoms with Crippen molar-refractivity contribution in [3.63, 3.8) is 0 Å². The van der Waals surface area contributed by atoms with E-state index >= 15 is 0 Å². The molecule has 2 aromatic rings. The molecule has 2 nitrogen and oxygen atoms in total. The Kier molecular flexibility index (Phi) is 5.37. The minimum absolute atomic E-state index is 0.0572. The van der Waals surface area contributed by atoms with Crippen LogP contribution in [0.5, 0.6) is 0 Å². The first kappa shape index (κ1) is 19.3. The van der Waals surface area contributed by atoms with Crippen LogP contribution in [0.2, 0.25) is 10.0 Å². The van der Waals surface area contributed by atoms with Gasteiger partial charge in [0.25, 0.3) is 0 Å². The molecule has 0 heterocycles. The Labute approximate surface area is 165 Å². The van der Waals surface area contributed by atoms with Gasteiger partial charge in [-0.1, -0.05) is 67.7 Å². The van der Waals surface area contributed by atoms with E-state index in [0.29, 0.717) is 16.0 Å². The number of anilines is 1. The molecule has 1 aliphatic carbocycles. The van der Waals surface area contributed by atoms with Gasteiger partial charge in [0.05, 0.1) is 10.0 Å². The van der Waals surface area contributed by atoms with Crippen LogP contribution < -0.4 is 5.32 Å². The topological polar surface area (TPSA) is 29.1 Å². The number of rotatable bonds is 3. The number of carbonyl (C=O) groups is 1. The van der Waals surface area contributed by atoms with Gasteiger partial charge in [0.2, 0.25) is 5.91 Å². The van der Waals surface area contributed by atoms with Crippen LogP contribution in [0.4, 0.5) is 5.69 Å². The molecule has 26 heavy (non-hydrogen) atoms. The first-order valence-corrected chi connectivity index (χ1v) is 9.78. The molecule has 3 rings (SSSR count). The number of amides is 1. The van der Waals surface area contributed by atoms with Gasteiger partial charge in [0, 0.05) is 11.6 Å². The lowest BCUT2D eigenvalue weighted by Gasteiger charge is -2.31. The van der Waals surface area contributed by atoms with Crippen LogP contribution in [0.1, 0.15) is 44.2 Å². The van der Waals surface area contributed by atoms with Crippen LogP contribution in [0, 0.1) is 24.2 Å². The van der Waals surface area contributed by atoms with Crippen molar-refractivity contribution in [2.45, 2.75) is 40.0 Å². The van der Waals surface area contributed by atoms with Crippen molar-refractivity contribution in [2.75, 3.05) is 5.32 Å². The van der Waals surface area contributed by atoms with E-state index in [-0.39, 0.29) is 23.2 Å². The number of hydrogen-bond acceptors (Lipinski definition) is 1. The minimum atomic E-state index is -0.106. The number of aryl methyl sites for hydroxylation is 1. The second-order valence-corrected chi connectivity index (χ2v) is 8.85. The fourth-order valence-corrected chi connectivity index (χ4v) is 4.38. The summed E-state index contributed by atoms with van der Waals surface area (Å²) in [5, 5.41) is 4.23. The van der Waals surface area contributed by atoms with Crippen LogP contribution in [-0.2, 0) is 4.79 Å². The van der Waals surface area contributed by atoms with E-state index in [1.807, 2.05) is 49.4 Å². The number of carbonyl (C=O) groups excluding carboxylic acids is 1. The normalized spacial score (nSPS) is 24.5. The molecule has 0 unspecified atom stereocenters. The average molecular weight is 390 g/mol. The van der Waals surface area contributed by atoms with Crippen molar-refractivity contribution in [1.82, 2.24) is 0 Å². The molecular formula is C22H25Cl2NO. The maximum atomic E-state index is 13.0. The van der Waals surface area contributed by atoms with Crippen molar-refractivity contribution in [3.8, 4) is 0 Å². The number of hydrogen-bond donors (Lipinski definition) is 1. The zero-order chi connectivity index (χ0) is 19.1. The zero-order valence-electron chi connectivity index (χ0n) is 15.6. The molecule has 0 bridgehead atoms. The molecule has 0 aromatic heterocycles. The van der Waals surface area contributed by atoms with E-state index in [1.54, 1.807) is 0 Å². The van der Waals surface area contributed by atoms with E-state index < -0.39 is 0 Å². The van der Waals surface area contributed by atoms with Gasteiger partial charge >= 0.3 is 0 Å². The third kappa shape index (κ3) is 3.63. The van der Waals surface area contributed by atoms with Gasteiger partial charge in [-0.05, 0) is 60.4 Å². The molecule has 1 N–H and O–H groups in total. The van der Waals surface area contributed by atoms with Gasteiger partial charge in [0.1, 0.15) is 0 Å². The van der Waals surface area contributed by atoms with Crippen molar-refractivity contribution < 1.29 is 4.79 Å². The molecule has 0 radical (unpaired) electrons. The van der Waals surface area contributed by atoms with Crippen LogP contribution in [-0.4, -0.2) is 5.91 Å². The molecule has 0 spiro atoms. The molecule has 1 aliphatic rings. The molecule has 1 saturated carbocycles. The first-order valence-electron chi connectivity index (χ1n) is 9.02. The molecule has 3 atom stereocenters. The van der Waals surface area contributed by atoms with E-state index in [1.165, 1.54) is 5.56 Å². The molecule has 0 saturated heterocycles. The number of halogens is 2. The molecule has 0 aliphatic heterocycles. The van der Waals surface area contributed by atoms with E-state index in [2.05, 4.69) is 26.1 Å². The Morgan fingerprint density at radius 2 is 1.73 bits per heavy atom. The third-order valence-electron chi connectivity index (χ3n) is 6.17. The minimum Gasteiger partial charge on any atom is -0.326 e. The summed E-state index contributed by atoms with van der Waals surface area (Å²) in [5.74, 6) is 0.675. The van der Waals surface area contributed by atoms with Crippen LogP contribution in [0.3, 0.4) is 0 Å². The van der Waals surface area contributed by atoms with Crippen LogP contribution >= 0.6 is 23.2 Å². The molecule has 4 heteroatoms. The smallest absolute Gasteiger partial charge is 0.228 e. The fourth-order valence-electron chi connectivity index (χ4n) is 4.08. The maximum Gasteiger partial charge on any atom is 0.228 e. The van der Waals surface area contributed by atoms with E-state index in [4.69, 9.17) is 23.2 Å². The van der Waals surface area contributed by atoms with Crippen molar-refractivity contribution in [1.29, 1.82) is 0 Å². The Balaban J connectivity index is 1.82. The summed E-state index contributed by atoms with van der Waals surface area (Å²) in [7, 11) is 0. The third-order valence-corrected chi connectivity index (χ3v) is 6.91. The predicted octanol–water partition coefficient (Wildman–Crippen LogP) is 6.71. The van der Waals surface area contributed by atoms with Gasteiger partial charge in [0.15, 0.2) is 0 Å². The molecule has 1 fully saturated rings. The fraction of sp³-hybridized carbons (Fsp3) is 0.409. The Morgan fingerprint density at radius 1 is 1.08 bits per heavy atom. The lowest BCUT2D eigenvalue weighted by Crippen LogP contribution is -2.33. The summed E-state index contributed by atoms with van der Waals surface area (Å²) in [5.41, 5.74) is 3.08. The number of nitrogens with one attached hydrogen (secondary N) is 1. The summed E-state index contributed by atoms with van der Waals surface area (Å²) in [6, 6.07) is 13.8. The molecule has 2 aromatic carbocycles. The lowest BCUT2D eigenvalue weighted by molar-refractivity contribution is -0.122. The second-order valence-electron chi connectivity index (χ2n) is 8.03. The first-order chi connectivity index (χ1) is 12.2. The van der Waals surface area contributed by atoms with Crippen LogP contribution in [0.15, 0.2) is 42.5 Å². The summed E-state index contributed by atoms with van der Waals surface area (Å²) >= 11 is 12.3. The van der Waals surface area contributed by atoms with Gasteiger partial charge in [-0.25, -0.2) is 0 Å². The SMILES string of the molecule is Cc1ccc(NC(=O)[C@@H]2C[C@H](c3ccc(Cl)c(Cl)c3)[C@@H](C)C2(C)C)cc1. The molecule has 138 valence electrons. The molecule has 1 amide bonds. The largest absolute Gasteiger partial charge is 0.326 e. The predicted molar refractivity (Wildman–Crippen MR) is 110 cm³/mol. The number of benzene rings is 2. The quantitative estimate of drug-likeness (QED) is 0.620. The van der Waals surface area contributed by atoms with Crippen molar-refractivity contribution in [2.24, 2.45) is 17.3 Å². The Hall–Kier alpha value is -1.51. The van der Waals surface area contributed by atoms with Gasteiger partial charge < -0.3 is 5.32 Å². The summed E-state index contributed by atoms with van der Waals surface area (Å²) in [6.45, 7) is 8.64. The summed E-state index contributed by atoms with van der Waals surface area (Å²) < 4.78 is 0. The second kappa shape index (κ2) is 7.25. The summed E-state index contributed by atoms with van der Waals surface area (Å²) in [4.78, 5) is 13.0. The maximum absolute atomic E-state index is 13.0. The average Bonchev–Trinajstić information content (AvgIpc) is 2.83. The van der Waals surface area contributed by atoms with Crippen molar-refractivity contribution >= 4 is 34.8 Å². The monoisotopic (exact) mass is 389 g/mol. The summed E-state index contributed by atoms with van der Waals surface area (Å²) in [6.07, 6.45) is 0.809. The Morgan fingerprint density at radius 3 is 2.35 bits per heavy atom. The van der Waals surface area contributed by atoms with Gasteiger partial charge in [-0.3, -0.25) is 4.79 Å². The van der Waals surface area contributed by atoms with Gasteiger partial charge in [-0.2, -0.15) is 0 Å². The Bertz CT molecular complexity index is 813. The zero-order valence-corrected chi connectivity index (χ0v) is 17.2. The standard InChI is InChI=1S/C22H25Cl2NO/c1-13-5-8-16(9-6-13)25-21(26)18-12-17(14(2)22(18,3)4)15-7-10-19(23)20(24)11-15/h5-11,14,17-18H,12H2,1-4H3,(H,25,26)/t14-,17+,18+/m1/s1.